The van der Waals surface area contributed by atoms with Crippen molar-refractivity contribution in [3.05, 3.63) is 29.8 Å². The highest BCUT2D eigenvalue weighted by molar-refractivity contribution is 8.14. The molecule has 0 spiro atoms. The fraction of sp³-hybridized carbons (Fsp3) is 0.250. The summed E-state index contributed by atoms with van der Waals surface area (Å²) in [7, 11) is 4.00. The number of carbonyl (C=O) groups is 1. The van der Waals surface area contributed by atoms with E-state index in [4.69, 9.17) is 0 Å². The smallest absolute Gasteiger partial charge is 0.250 e. The van der Waals surface area contributed by atoms with Gasteiger partial charge >= 0.3 is 0 Å². The number of amidine groups is 1. The summed E-state index contributed by atoms with van der Waals surface area (Å²) in [5.74, 6) is 0.282. The quantitative estimate of drug-likeness (QED) is 0.817. The van der Waals surface area contributed by atoms with Crippen LogP contribution < -0.4 is 10.3 Å². The van der Waals surface area contributed by atoms with Crippen LogP contribution in [0.5, 0.6) is 0 Å². The molecule has 2 rings (SSSR count). The lowest BCUT2D eigenvalue weighted by Crippen LogP contribution is -2.25. The average Bonchev–Trinajstić information content (AvgIpc) is 2.38. The van der Waals surface area contributed by atoms with Gasteiger partial charge < -0.3 is 4.90 Å². The summed E-state index contributed by atoms with van der Waals surface area (Å²) < 4.78 is 0. The van der Waals surface area contributed by atoms with Crippen LogP contribution >= 0.6 is 11.8 Å². The average molecular weight is 262 g/mol. The topological polar surface area (TPSA) is 57.1 Å². The number of nitrogens with one attached hydrogen (secondary N) is 1. The van der Waals surface area contributed by atoms with Crippen LogP contribution in [0.4, 0.5) is 5.69 Å². The van der Waals surface area contributed by atoms with Gasteiger partial charge in [-0.1, -0.05) is 23.9 Å². The van der Waals surface area contributed by atoms with Crippen LogP contribution in [0.15, 0.2) is 34.4 Å². The molecular formula is C12H14N4OS. The fourth-order valence-corrected chi connectivity index (χ4v) is 1.92. The van der Waals surface area contributed by atoms with E-state index in [2.05, 4.69) is 15.5 Å². The monoisotopic (exact) mass is 262 g/mol. The van der Waals surface area contributed by atoms with Crippen molar-refractivity contribution in [2.24, 2.45) is 10.1 Å². The van der Waals surface area contributed by atoms with E-state index in [0.29, 0.717) is 10.9 Å². The zero-order valence-corrected chi connectivity index (χ0v) is 11.1. The van der Waals surface area contributed by atoms with E-state index in [1.165, 1.54) is 11.8 Å². The molecule has 0 atom stereocenters. The number of rotatable bonds is 2. The molecule has 0 aromatic heterocycles. The fourth-order valence-electron chi connectivity index (χ4n) is 1.36. The number of anilines is 1. The van der Waals surface area contributed by atoms with Gasteiger partial charge in [-0.2, -0.15) is 0 Å². The van der Waals surface area contributed by atoms with Gasteiger partial charge in [0, 0.05) is 26.0 Å². The molecule has 0 saturated heterocycles. The van der Waals surface area contributed by atoms with E-state index in [0.717, 1.165) is 11.3 Å². The summed E-state index contributed by atoms with van der Waals surface area (Å²) in [5, 5.41) is 4.42. The van der Waals surface area contributed by atoms with Gasteiger partial charge in [0.2, 0.25) is 5.17 Å². The van der Waals surface area contributed by atoms with Gasteiger partial charge in [-0.15, -0.1) is 5.10 Å². The molecule has 1 aromatic carbocycles. The SMILES string of the molecule is CN(C)c1ccc(/C=N/C2=NNC(=O)CS2)cc1. The molecular weight excluding hydrogens is 248 g/mol. The number of hydrazone groups is 1. The van der Waals surface area contributed by atoms with E-state index in [1.54, 1.807) is 6.21 Å². The standard InChI is InChI=1S/C12H14N4OS/c1-16(2)10-5-3-9(4-6-10)7-13-12-15-14-11(17)8-18-12/h3-7H,8H2,1-2H3,(H,14,17)/b13-7+. The molecule has 0 radical (unpaired) electrons. The normalized spacial score (nSPS) is 15.4. The Morgan fingerprint density at radius 1 is 1.39 bits per heavy atom. The minimum atomic E-state index is -0.0886. The van der Waals surface area contributed by atoms with Crippen molar-refractivity contribution in [3.8, 4) is 0 Å². The minimum Gasteiger partial charge on any atom is -0.378 e. The number of thioether (sulfide) groups is 1. The van der Waals surface area contributed by atoms with Gasteiger partial charge in [-0.05, 0) is 17.7 Å². The summed E-state index contributed by atoms with van der Waals surface area (Å²) in [4.78, 5) is 17.1. The maximum absolute atomic E-state index is 10.9. The molecule has 94 valence electrons. The number of amides is 1. The Morgan fingerprint density at radius 2 is 2.11 bits per heavy atom. The third kappa shape index (κ3) is 3.33. The van der Waals surface area contributed by atoms with E-state index in [9.17, 15) is 4.79 Å². The van der Waals surface area contributed by atoms with Gasteiger partial charge in [0.15, 0.2) is 0 Å². The first-order valence-electron chi connectivity index (χ1n) is 5.46. The molecule has 1 heterocycles. The van der Waals surface area contributed by atoms with Crippen molar-refractivity contribution in [3.63, 3.8) is 0 Å². The molecule has 0 saturated carbocycles. The molecule has 0 aliphatic carbocycles. The molecule has 1 aromatic rings. The number of carbonyl (C=O) groups excluding carboxylic acids is 1. The van der Waals surface area contributed by atoms with Crippen LogP contribution in [-0.4, -0.2) is 37.1 Å². The summed E-state index contributed by atoms with van der Waals surface area (Å²) in [6, 6.07) is 8.04. The molecule has 1 aliphatic heterocycles. The first-order chi connectivity index (χ1) is 8.65. The summed E-state index contributed by atoms with van der Waals surface area (Å²) >= 11 is 1.33. The van der Waals surface area contributed by atoms with Gasteiger partial charge in [-0.3, -0.25) is 4.79 Å². The van der Waals surface area contributed by atoms with Gasteiger partial charge in [0.05, 0.1) is 5.75 Å². The maximum Gasteiger partial charge on any atom is 0.250 e. The Hall–Kier alpha value is -1.82. The molecule has 1 N–H and O–H groups in total. The van der Waals surface area contributed by atoms with E-state index in [-0.39, 0.29) is 5.91 Å². The lowest BCUT2D eigenvalue weighted by Gasteiger charge is -2.11. The second kappa shape index (κ2) is 5.68. The molecule has 1 aliphatic rings. The lowest BCUT2D eigenvalue weighted by atomic mass is 10.2. The second-order valence-corrected chi connectivity index (χ2v) is 4.90. The number of hydrogen-bond donors (Lipinski definition) is 1. The van der Waals surface area contributed by atoms with Crippen LogP contribution in [0.2, 0.25) is 0 Å². The lowest BCUT2D eigenvalue weighted by molar-refractivity contribution is -0.118. The van der Waals surface area contributed by atoms with Crippen molar-refractivity contribution in [2.45, 2.75) is 0 Å². The molecule has 0 fully saturated rings. The molecule has 5 nitrogen and oxygen atoms in total. The van der Waals surface area contributed by atoms with Crippen LogP contribution in [0.1, 0.15) is 5.56 Å². The van der Waals surface area contributed by atoms with Crippen molar-refractivity contribution in [1.82, 2.24) is 5.43 Å². The zero-order valence-electron chi connectivity index (χ0n) is 10.3. The van der Waals surface area contributed by atoms with Gasteiger partial charge in [-0.25, -0.2) is 10.4 Å². The summed E-state index contributed by atoms with van der Waals surface area (Å²) in [5.41, 5.74) is 4.54. The van der Waals surface area contributed by atoms with E-state index in [1.807, 2.05) is 43.3 Å². The predicted molar refractivity (Wildman–Crippen MR) is 76.4 cm³/mol. The third-order valence-corrected chi connectivity index (χ3v) is 3.20. The Kier molecular flexibility index (Phi) is 3.99. The maximum atomic E-state index is 10.9. The highest BCUT2D eigenvalue weighted by atomic mass is 32.2. The van der Waals surface area contributed by atoms with Gasteiger partial charge in [0.25, 0.3) is 5.91 Å². The molecule has 0 bridgehead atoms. The first-order valence-corrected chi connectivity index (χ1v) is 6.44. The highest BCUT2D eigenvalue weighted by Gasteiger charge is 2.10. The van der Waals surface area contributed by atoms with Crippen molar-refractivity contribution < 1.29 is 4.79 Å². The number of hydrogen-bond acceptors (Lipinski definition) is 5. The van der Waals surface area contributed by atoms with Crippen LogP contribution in [-0.2, 0) is 4.79 Å². The Labute approximate surface area is 110 Å². The Morgan fingerprint density at radius 3 is 2.67 bits per heavy atom. The molecule has 0 unspecified atom stereocenters. The van der Waals surface area contributed by atoms with E-state index < -0.39 is 0 Å². The summed E-state index contributed by atoms with van der Waals surface area (Å²) in [6.07, 6.45) is 1.74. The van der Waals surface area contributed by atoms with Crippen LogP contribution in [0.3, 0.4) is 0 Å². The summed E-state index contributed by atoms with van der Waals surface area (Å²) in [6.45, 7) is 0. The van der Waals surface area contributed by atoms with Crippen molar-refractivity contribution in [2.75, 3.05) is 24.7 Å². The van der Waals surface area contributed by atoms with Gasteiger partial charge in [0.1, 0.15) is 0 Å². The minimum absolute atomic E-state index is 0.0886. The number of aliphatic imine (C=N–C) groups is 1. The number of benzene rings is 1. The third-order valence-electron chi connectivity index (χ3n) is 2.34. The van der Waals surface area contributed by atoms with Crippen LogP contribution in [0, 0.1) is 0 Å². The predicted octanol–water partition coefficient (Wildman–Crippen LogP) is 1.31. The zero-order chi connectivity index (χ0) is 13.0. The second-order valence-electron chi connectivity index (χ2n) is 3.96. The van der Waals surface area contributed by atoms with Crippen LogP contribution in [0.25, 0.3) is 0 Å². The Bertz CT molecular complexity index is 493. The largest absolute Gasteiger partial charge is 0.378 e. The Balaban J connectivity index is 2.03. The first kappa shape index (κ1) is 12.6. The molecule has 6 heteroatoms. The number of nitrogens with zero attached hydrogens (tertiary/aromatic N) is 3. The van der Waals surface area contributed by atoms with Crippen molar-refractivity contribution in [1.29, 1.82) is 0 Å². The van der Waals surface area contributed by atoms with E-state index >= 15 is 0 Å². The molecule has 18 heavy (non-hydrogen) atoms. The van der Waals surface area contributed by atoms with Crippen molar-refractivity contribution >= 4 is 34.7 Å². The molecule has 1 amide bonds. The highest BCUT2D eigenvalue weighted by Crippen LogP contribution is 2.12.